The third-order valence-electron chi connectivity index (χ3n) is 5.44. The van der Waals surface area contributed by atoms with Crippen molar-refractivity contribution in [3.05, 3.63) is 46.1 Å². The van der Waals surface area contributed by atoms with Crippen molar-refractivity contribution in [3.8, 4) is 0 Å². The summed E-state index contributed by atoms with van der Waals surface area (Å²) in [5.41, 5.74) is 3.15. The SMILES string of the molecule is Cc1nonc1CNC(=O)CC1CCCN(C(=O)c2c(C)nc3ccc(Cl)cn23)C1. The zero-order valence-electron chi connectivity index (χ0n) is 16.9. The molecule has 0 radical (unpaired) electrons. The summed E-state index contributed by atoms with van der Waals surface area (Å²) in [4.78, 5) is 31.9. The number of halogens is 1. The van der Waals surface area contributed by atoms with Gasteiger partial charge in [0.05, 0.1) is 17.3 Å². The van der Waals surface area contributed by atoms with Crippen LogP contribution in [0.3, 0.4) is 0 Å². The van der Waals surface area contributed by atoms with Crippen LogP contribution in [-0.2, 0) is 11.3 Å². The quantitative estimate of drug-likeness (QED) is 0.666. The lowest BCUT2D eigenvalue weighted by molar-refractivity contribution is -0.122. The average molecular weight is 431 g/mol. The van der Waals surface area contributed by atoms with Crippen molar-refractivity contribution < 1.29 is 14.2 Å². The summed E-state index contributed by atoms with van der Waals surface area (Å²) in [6.07, 6.45) is 3.82. The zero-order chi connectivity index (χ0) is 21.3. The number of amides is 2. The molecule has 1 fully saturated rings. The second-order valence-corrected chi connectivity index (χ2v) is 8.09. The van der Waals surface area contributed by atoms with Gasteiger partial charge in [-0.15, -0.1) is 0 Å². The molecule has 10 heteroatoms. The Hall–Kier alpha value is -2.94. The maximum Gasteiger partial charge on any atom is 0.272 e. The van der Waals surface area contributed by atoms with E-state index in [2.05, 4.69) is 25.2 Å². The highest BCUT2D eigenvalue weighted by Gasteiger charge is 2.29. The van der Waals surface area contributed by atoms with Gasteiger partial charge in [-0.3, -0.25) is 14.0 Å². The number of carbonyl (C=O) groups is 2. The molecule has 30 heavy (non-hydrogen) atoms. The molecule has 4 heterocycles. The van der Waals surface area contributed by atoms with Crippen LogP contribution in [0.4, 0.5) is 0 Å². The van der Waals surface area contributed by atoms with Crippen LogP contribution in [0.15, 0.2) is 23.0 Å². The largest absolute Gasteiger partial charge is 0.350 e. The number of imidazole rings is 1. The molecule has 0 spiro atoms. The van der Waals surface area contributed by atoms with E-state index < -0.39 is 0 Å². The van der Waals surface area contributed by atoms with Crippen molar-refractivity contribution in [3.63, 3.8) is 0 Å². The van der Waals surface area contributed by atoms with Crippen LogP contribution in [0.25, 0.3) is 5.65 Å². The van der Waals surface area contributed by atoms with Gasteiger partial charge in [-0.25, -0.2) is 9.61 Å². The first-order valence-electron chi connectivity index (χ1n) is 9.90. The van der Waals surface area contributed by atoms with Gasteiger partial charge in [-0.2, -0.15) is 0 Å². The van der Waals surface area contributed by atoms with Crippen LogP contribution in [0.2, 0.25) is 5.02 Å². The Balaban J connectivity index is 1.41. The van der Waals surface area contributed by atoms with Crippen LogP contribution in [0.5, 0.6) is 0 Å². The molecule has 1 N–H and O–H groups in total. The fourth-order valence-electron chi connectivity index (χ4n) is 3.89. The molecule has 4 rings (SSSR count). The highest BCUT2D eigenvalue weighted by molar-refractivity contribution is 6.30. The number of hydrogen-bond donors (Lipinski definition) is 1. The Morgan fingerprint density at radius 2 is 2.10 bits per heavy atom. The van der Waals surface area contributed by atoms with Gasteiger partial charge in [-0.1, -0.05) is 21.9 Å². The van der Waals surface area contributed by atoms with Crippen molar-refractivity contribution in [1.82, 2.24) is 29.9 Å². The highest BCUT2D eigenvalue weighted by atomic mass is 35.5. The number of nitrogens with one attached hydrogen (secondary N) is 1. The Morgan fingerprint density at radius 1 is 1.27 bits per heavy atom. The number of rotatable bonds is 5. The van der Waals surface area contributed by atoms with Crippen LogP contribution in [0, 0.1) is 19.8 Å². The fraction of sp³-hybridized carbons (Fsp3) is 0.450. The smallest absolute Gasteiger partial charge is 0.272 e. The molecule has 0 bridgehead atoms. The van der Waals surface area contributed by atoms with Gasteiger partial charge < -0.3 is 10.2 Å². The summed E-state index contributed by atoms with van der Waals surface area (Å²) in [6.45, 7) is 5.07. The van der Waals surface area contributed by atoms with Gasteiger partial charge >= 0.3 is 0 Å². The maximum atomic E-state index is 13.3. The molecule has 1 aliphatic heterocycles. The molecule has 1 atom stereocenters. The Bertz CT molecular complexity index is 1090. The Labute approximate surface area is 178 Å². The van der Waals surface area contributed by atoms with Crippen molar-refractivity contribution >= 4 is 29.1 Å². The Morgan fingerprint density at radius 3 is 2.87 bits per heavy atom. The number of aryl methyl sites for hydroxylation is 2. The summed E-state index contributed by atoms with van der Waals surface area (Å²) in [5, 5.41) is 10.9. The second-order valence-electron chi connectivity index (χ2n) is 7.66. The second kappa shape index (κ2) is 8.43. The molecule has 0 aliphatic carbocycles. The minimum absolute atomic E-state index is 0.0746. The van der Waals surface area contributed by atoms with Crippen LogP contribution in [-0.4, -0.2) is 49.5 Å². The van der Waals surface area contributed by atoms with Crippen molar-refractivity contribution in [2.24, 2.45) is 5.92 Å². The zero-order valence-corrected chi connectivity index (χ0v) is 17.6. The summed E-state index contributed by atoms with van der Waals surface area (Å²) in [6, 6.07) is 3.55. The van der Waals surface area contributed by atoms with E-state index in [1.165, 1.54) is 0 Å². The van der Waals surface area contributed by atoms with E-state index >= 15 is 0 Å². The normalized spacial score (nSPS) is 16.8. The molecule has 1 aliphatic rings. The molecule has 1 saturated heterocycles. The van der Waals surface area contributed by atoms with E-state index in [-0.39, 0.29) is 24.3 Å². The van der Waals surface area contributed by atoms with Gasteiger partial charge in [0.25, 0.3) is 5.91 Å². The molecule has 0 saturated carbocycles. The predicted octanol–water partition coefficient (Wildman–Crippen LogP) is 2.55. The van der Waals surface area contributed by atoms with Gasteiger partial charge in [0.2, 0.25) is 5.91 Å². The molecular formula is C20H23ClN6O3. The number of carbonyl (C=O) groups excluding carboxylic acids is 2. The highest BCUT2D eigenvalue weighted by Crippen LogP contribution is 2.23. The monoisotopic (exact) mass is 430 g/mol. The van der Waals surface area contributed by atoms with E-state index in [0.29, 0.717) is 53.0 Å². The van der Waals surface area contributed by atoms with Gasteiger partial charge in [0, 0.05) is 25.7 Å². The topological polar surface area (TPSA) is 106 Å². The summed E-state index contributed by atoms with van der Waals surface area (Å²) < 4.78 is 6.38. The van der Waals surface area contributed by atoms with E-state index in [0.717, 1.165) is 12.8 Å². The van der Waals surface area contributed by atoms with E-state index in [1.54, 1.807) is 29.7 Å². The minimum atomic E-state index is -0.0864. The molecule has 9 nitrogen and oxygen atoms in total. The molecule has 1 unspecified atom stereocenters. The fourth-order valence-corrected chi connectivity index (χ4v) is 4.05. The number of piperidine rings is 1. The maximum absolute atomic E-state index is 13.3. The van der Waals surface area contributed by atoms with Crippen LogP contribution in [0.1, 0.15) is 46.8 Å². The lowest BCUT2D eigenvalue weighted by Gasteiger charge is -2.32. The van der Waals surface area contributed by atoms with Crippen LogP contribution < -0.4 is 5.32 Å². The summed E-state index contributed by atoms with van der Waals surface area (Å²) in [7, 11) is 0. The first-order valence-corrected chi connectivity index (χ1v) is 10.3. The van der Waals surface area contributed by atoms with E-state index in [9.17, 15) is 9.59 Å². The average Bonchev–Trinajstić information content (AvgIpc) is 3.27. The molecule has 3 aromatic rings. The minimum Gasteiger partial charge on any atom is -0.350 e. The van der Waals surface area contributed by atoms with E-state index in [1.807, 2.05) is 11.8 Å². The van der Waals surface area contributed by atoms with E-state index in [4.69, 9.17) is 11.6 Å². The van der Waals surface area contributed by atoms with Crippen LogP contribution >= 0.6 is 11.6 Å². The summed E-state index contributed by atoms with van der Waals surface area (Å²) >= 11 is 6.12. The van der Waals surface area contributed by atoms with Crippen molar-refractivity contribution in [2.75, 3.05) is 13.1 Å². The molecule has 158 valence electrons. The van der Waals surface area contributed by atoms with Gasteiger partial charge in [-0.05, 0) is 44.7 Å². The molecular weight excluding hydrogens is 408 g/mol. The van der Waals surface area contributed by atoms with Crippen molar-refractivity contribution in [2.45, 2.75) is 39.7 Å². The molecule has 2 amide bonds. The number of likely N-dealkylation sites (tertiary alicyclic amines) is 1. The lowest BCUT2D eigenvalue weighted by Crippen LogP contribution is -2.42. The molecule has 0 aromatic carbocycles. The third kappa shape index (κ3) is 4.16. The van der Waals surface area contributed by atoms with Gasteiger partial charge in [0.1, 0.15) is 22.7 Å². The predicted molar refractivity (Wildman–Crippen MR) is 109 cm³/mol. The first-order chi connectivity index (χ1) is 14.4. The number of aromatic nitrogens is 4. The number of pyridine rings is 1. The number of nitrogens with zero attached hydrogens (tertiary/aromatic N) is 5. The number of hydrogen-bond acceptors (Lipinski definition) is 6. The van der Waals surface area contributed by atoms with Gasteiger partial charge in [0.15, 0.2) is 0 Å². The van der Waals surface area contributed by atoms with Crippen molar-refractivity contribution in [1.29, 1.82) is 0 Å². The lowest BCUT2D eigenvalue weighted by atomic mass is 9.94. The first kappa shape index (κ1) is 20.3. The Kier molecular flexibility index (Phi) is 5.72. The summed E-state index contributed by atoms with van der Waals surface area (Å²) in [5.74, 6) is -0.0616. The standard InChI is InChI=1S/C20H23ClN6O3/c1-12-16(25-30-24-12)9-22-18(28)8-14-4-3-7-26(10-14)20(29)19-13(2)23-17-6-5-15(21)11-27(17)19/h5-6,11,14H,3-4,7-10H2,1-2H3,(H,22,28). The third-order valence-corrected chi connectivity index (χ3v) is 5.66. The molecule has 3 aromatic heterocycles. The number of fused-ring (bicyclic) bond motifs is 1.